The number of hydrogen-bond acceptors (Lipinski definition) is 6. The van der Waals surface area contributed by atoms with Crippen LogP contribution in [0.1, 0.15) is 40.8 Å². The highest BCUT2D eigenvalue weighted by molar-refractivity contribution is 6.32. The van der Waals surface area contributed by atoms with E-state index in [4.69, 9.17) is 25.6 Å². The Morgan fingerprint density at radius 1 is 1.48 bits per heavy atom. The Labute approximate surface area is 126 Å². The van der Waals surface area contributed by atoms with Gasteiger partial charge in [0.1, 0.15) is 6.29 Å². The average Bonchev–Trinajstić information content (AvgIpc) is 3.24. The van der Waals surface area contributed by atoms with Crippen LogP contribution in [0, 0.1) is 0 Å². The van der Waals surface area contributed by atoms with E-state index in [1.54, 1.807) is 6.07 Å². The number of benzene rings is 1. The molecule has 0 N–H and O–H groups in total. The molecule has 0 saturated heterocycles. The van der Waals surface area contributed by atoms with Crippen molar-refractivity contribution in [1.29, 1.82) is 0 Å². The summed E-state index contributed by atoms with van der Waals surface area (Å²) in [5.74, 6) is 2.26. The van der Waals surface area contributed by atoms with Crippen LogP contribution in [0.3, 0.4) is 0 Å². The molecule has 1 aliphatic rings. The van der Waals surface area contributed by atoms with Crippen molar-refractivity contribution < 1.29 is 18.8 Å². The maximum atomic E-state index is 10.8. The number of nitrogens with zero attached hydrogens (tertiary/aromatic N) is 2. The number of aromatic nitrogens is 2. The lowest BCUT2D eigenvalue weighted by Crippen LogP contribution is -2.00. The zero-order valence-corrected chi connectivity index (χ0v) is 12.1. The van der Waals surface area contributed by atoms with Gasteiger partial charge in [0, 0.05) is 11.5 Å². The van der Waals surface area contributed by atoms with E-state index in [1.807, 2.05) is 0 Å². The van der Waals surface area contributed by atoms with Gasteiger partial charge < -0.3 is 14.0 Å². The molecule has 110 valence electrons. The van der Waals surface area contributed by atoms with Crippen molar-refractivity contribution in [2.24, 2.45) is 0 Å². The number of rotatable bonds is 6. The third-order valence-corrected chi connectivity index (χ3v) is 3.43. The number of carbonyl (C=O) groups excluding carboxylic acids is 1. The predicted molar refractivity (Wildman–Crippen MR) is 74.0 cm³/mol. The minimum atomic E-state index is 0.0935. The monoisotopic (exact) mass is 308 g/mol. The maximum absolute atomic E-state index is 10.8. The highest BCUT2D eigenvalue weighted by atomic mass is 35.5. The number of carbonyl (C=O) groups is 1. The van der Waals surface area contributed by atoms with Crippen LogP contribution in [0.5, 0.6) is 11.5 Å². The fourth-order valence-electron chi connectivity index (χ4n) is 1.92. The Hall–Kier alpha value is -2.08. The van der Waals surface area contributed by atoms with Crippen LogP contribution in [0.2, 0.25) is 5.02 Å². The molecule has 1 heterocycles. The van der Waals surface area contributed by atoms with E-state index in [1.165, 1.54) is 13.2 Å². The fraction of sp³-hybridized carbons (Fsp3) is 0.357. The third kappa shape index (κ3) is 3.00. The lowest BCUT2D eigenvalue weighted by molar-refractivity contribution is 0.112. The molecule has 0 amide bonds. The van der Waals surface area contributed by atoms with Crippen LogP contribution in [-0.4, -0.2) is 23.5 Å². The van der Waals surface area contributed by atoms with Crippen LogP contribution in [0.15, 0.2) is 16.7 Å². The van der Waals surface area contributed by atoms with Crippen molar-refractivity contribution in [2.75, 3.05) is 7.11 Å². The Bertz CT molecular complexity index is 667. The van der Waals surface area contributed by atoms with Crippen molar-refractivity contribution in [2.45, 2.75) is 25.4 Å². The summed E-state index contributed by atoms with van der Waals surface area (Å²) >= 11 is 6.09. The van der Waals surface area contributed by atoms with Gasteiger partial charge in [0.15, 0.2) is 23.9 Å². The smallest absolute Gasteiger partial charge is 0.264 e. The molecule has 0 spiro atoms. The van der Waals surface area contributed by atoms with Gasteiger partial charge in [0.05, 0.1) is 12.1 Å². The molecular formula is C14H13ClN2O4. The molecule has 21 heavy (non-hydrogen) atoms. The topological polar surface area (TPSA) is 74.5 Å². The number of hydrogen-bond donors (Lipinski definition) is 0. The van der Waals surface area contributed by atoms with Crippen LogP contribution >= 0.6 is 11.6 Å². The maximum Gasteiger partial charge on any atom is 0.264 e. The SMILES string of the molecule is COc1cc(C=O)cc(Cl)c1OCc1nc(C2CC2)no1. The van der Waals surface area contributed by atoms with Crippen molar-refractivity contribution >= 4 is 17.9 Å². The van der Waals surface area contributed by atoms with Gasteiger partial charge in [-0.05, 0) is 25.0 Å². The number of halogens is 1. The molecule has 0 radical (unpaired) electrons. The van der Waals surface area contributed by atoms with Gasteiger partial charge in [0.25, 0.3) is 5.89 Å². The van der Waals surface area contributed by atoms with Gasteiger partial charge in [-0.25, -0.2) is 0 Å². The summed E-state index contributed by atoms with van der Waals surface area (Å²) in [6.45, 7) is 0.0935. The molecule has 0 atom stereocenters. The van der Waals surface area contributed by atoms with Gasteiger partial charge in [-0.2, -0.15) is 4.98 Å². The highest BCUT2D eigenvalue weighted by Crippen LogP contribution is 2.39. The van der Waals surface area contributed by atoms with E-state index in [9.17, 15) is 4.79 Å². The summed E-state index contributed by atoms with van der Waals surface area (Å²) in [4.78, 5) is 15.1. The first-order chi connectivity index (χ1) is 10.2. The van der Waals surface area contributed by atoms with Gasteiger partial charge in [-0.1, -0.05) is 16.8 Å². The summed E-state index contributed by atoms with van der Waals surface area (Å²) in [5.41, 5.74) is 0.415. The fourth-order valence-corrected chi connectivity index (χ4v) is 2.19. The standard InChI is InChI=1S/C14H13ClN2O4/c1-19-11-5-8(6-18)4-10(15)13(11)20-7-12-16-14(17-21-12)9-2-3-9/h4-6,9H,2-3,7H2,1H3. The van der Waals surface area contributed by atoms with Crippen molar-refractivity contribution in [1.82, 2.24) is 10.1 Å². The molecule has 1 fully saturated rings. The normalized spacial score (nSPS) is 14.0. The molecule has 1 saturated carbocycles. The van der Waals surface area contributed by atoms with E-state index in [-0.39, 0.29) is 6.61 Å². The summed E-state index contributed by atoms with van der Waals surface area (Å²) in [7, 11) is 1.48. The zero-order chi connectivity index (χ0) is 14.8. The summed E-state index contributed by atoms with van der Waals surface area (Å²) in [5, 5.41) is 4.20. The Morgan fingerprint density at radius 2 is 2.29 bits per heavy atom. The second-order valence-electron chi connectivity index (χ2n) is 4.76. The zero-order valence-electron chi connectivity index (χ0n) is 11.3. The first-order valence-corrected chi connectivity index (χ1v) is 6.87. The molecule has 0 unspecified atom stereocenters. The lowest BCUT2D eigenvalue weighted by atomic mass is 10.2. The first kappa shape index (κ1) is 13.9. The van der Waals surface area contributed by atoms with Crippen LogP contribution in [-0.2, 0) is 6.61 Å². The second-order valence-corrected chi connectivity index (χ2v) is 5.17. The predicted octanol–water partition coefficient (Wildman–Crippen LogP) is 3.00. The molecular weight excluding hydrogens is 296 g/mol. The van der Waals surface area contributed by atoms with Gasteiger partial charge in [-0.15, -0.1) is 0 Å². The van der Waals surface area contributed by atoms with E-state index >= 15 is 0 Å². The van der Waals surface area contributed by atoms with Crippen molar-refractivity contribution in [3.05, 3.63) is 34.4 Å². The molecule has 7 heteroatoms. The molecule has 3 rings (SSSR count). The number of ether oxygens (including phenoxy) is 2. The largest absolute Gasteiger partial charge is 0.493 e. The van der Waals surface area contributed by atoms with Crippen molar-refractivity contribution in [3.8, 4) is 11.5 Å². The third-order valence-electron chi connectivity index (χ3n) is 3.15. The summed E-state index contributed by atoms with van der Waals surface area (Å²) in [6.07, 6.45) is 2.90. The van der Waals surface area contributed by atoms with Crippen LogP contribution < -0.4 is 9.47 Å². The Kier molecular flexibility index (Phi) is 3.79. The lowest BCUT2D eigenvalue weighted by Gasteiger charge is -2.11. The quantitative estimate of drug-likeness (QED) is 0.764. The summed E-state index contributed by atoms with van der Waals surface area (Å²) in [6, 6.07) is 3.06. The minimum Gasteiger partial charge on any atom is -0.493 e. The van der Waals surface area contributed by atoms with Gasteiger partial charge >= 0.3 is 0 Å². The molecule has 6 nitrogen and oxygen atoms in total. The second kappa shape index (κ2) is 5.73. The molecule has 2 aromatic rings. The van der Waals surface area contributed by atoms with E-state index in [0.717, 1.165) is 18.7 Å². The average molecular weight is 309 g/mol. The molecule has 0 aliphatic heterocycles. The van der Waals surface area contributed by atoms with Crippen LogP contribution in [0.4, 0.5) is 0 Å². The van der Waals surface area contributed by atoms with Gasteiger partial charge in [-0.3, -0.25) is 4.79 Å². The van der Waals surface area contributed by atoms with Crippen LogP contribution in [0.25, 0.3) is 0 Å². The first-order valence-electron chi connectivity index (χ1n) is 6.49. The molecule has 1 aromatic carbocycles. The van der Waals surface area contributed by atoms with E-state index in [0.29, 0.717) is 40.2 Å². The van der Waals surface area contributed by atoms with E-state index in [2.05, 4.69) is 10.1 Å². The Balaban J connectivity index is 1.75. The highest BCUT2D eigenvalue weighted by Gasteiger charge is 2.28. The molecule has 0 bridgehead atoms. The van der Waals surface area contributed by atoms with Gasteiger partial charge in [0.2, 0.25) is 0 Å². The number of methoxy groups -OCH3 is 1. The molecule has 1 aromatic heterocycles. The van der Waals surface area contributed by atoms with E-state index < -0.39 is 0 Å². The summed E-state index contributed by atoms with van der Waals surface area (Å²) < 4.78 is 15.9. The minimum absolute atomic E-state index is 0.0935. The van der Waals surface area contributed by atoms with Crippen molar-refractivity contribution in [3.63, 3.8) is 0 Å². The molecule has 1 aliphatic carbocycles. The Morgan fingerprint density at radius 3 is 2.95 bits per heavy atom. The number of aldehydes is 1.